The average molecular weight is 438 g/mol. The lowest BCUT2D eigenvalue weighted by Gasteiger charge is -2.10. The zero-order chi connectivity index (χ0) is 20.9. The minimum absolute atomic E-state index is 0.127. The van der Waals surface area contributed by atoms with E-state index in [-0.39, 0.29) is 17.6 Å². The molecule has 2 aromatic carbocycles. The number of fused-ring (bicyclic) bond motifs is 1. The highest BCUT2D eigenvalue weighted by molar-refractivity contribution is 8.00. The van der Waals surface area contributed by atoms with Crippen LogP contribution < -0.4 is 10.6 Å². The van der Waals surface area contributed by atoms with E-state index in [1.165, 1.54) is 11.8 Å². The van der Waals surface area contributed by atoms with E-state index in [9.17, 15) is 9.59 Å². The van der Waals surface area contributed by atoms with Crippen molar-refractivity contribution in [3.8, 4) is 0 Å². The maximum Gasteiger partial charge on any atom is 0.256 e. The van der Waals surface area contributed by atoms with E-state index in [1.54, 1.807) is 35.8 Å². The van der Waals surface area contributed by atoms with Crippen LogP contribution in [0.4, 0.5) is 5.69 Å². The number of carbonyl (C=O) groups is 2. The Morgan fingerprint density at radius 1 is 1.13 bits per heavy atom. The molecular formula is C22H19N3O3S2. The molecule has 0 bridgehead atoms. The first kappa shape index (κ1) is 20.2. The predicted octanol–water partition coefficient (Wildman–Crippen LogP) is 4.86. The summed E-state index contributed by atoms with van der Waals surface area (Å²) < 4.78 is 6.23. The zero-order valence-corrected chi connectivity index (χ0v) is 17.8. The predicted molar refractivity (Wildman–Crippen MR) is 120 cm³/mol. The molecule has 2 N–H and O–H groups in total. The fourth-order valence-electron chi connectivity index (χ4n) is 2.89. The maximum absolute atomic E-state index is 12.9. The fourth-order valence-corrected chi connectivity index (χ4v) is 4.64. The number of carbonyl (C=O) groups excluding carboxylic acids is 2. The first-order chi connectivity index (χ1) is 14.6. The van der Waals surface area contributed by atoms with Crippen molar-refractivity contribution in [2.75, 3.05) is 11.1 Å². The summed E-state index contributed by atoms with van der Waals surface area (Å²) in [6.45, 7) is 2.30. The van der Waals surface area contributed by atoms with Gasteiger partial charge in [-0.1, -0.05) is 12.1 Å². The van der Waals surface area contributed by atoms with E-state index in [4.69, 9.17) is 4.42 Å². The number of thiazole rings is 1. The van der Waals surface area contributed by atoms with Crippen molar-refractivity contribution in [1.29, 1.82) is 0 Å². The van der Waals surface area contributed by atoms with Gasteiger partial charge in [0.15, 0.2) is 0 Å². The minimum Gasteiger partial charge on any atom is -0.467 e. The van der Waals surface area contributed by atoms with Gasteiger partial charge in [-0.05, 0) is 49.4 Å². The molecule has 0 radical (unpaired) electrons. The second kappa shape index (κ2) is 9.15. The highest BCUT2D eigenvalue weighted by atomic mass is 32.2. The number of anilines is 1. The quantitative estimate of drug-likeness (QED) is 0.404. The molecule has 0 atom stereocenters. The smallest absolute Gasteiger partial charge is 0.256 e. The van der Waals surface area contributed by atoms with Crippen LogP contribution in [-0.4, -0.2) is 22.6 Å². The van der Waals surface area contributed by atoms with Crippen molar-refractivity contribution in [3.63, 3.8) is 0 Å². The van der Waals surface area contributed by atoms with Gasteiger partial charge >= 0.3 is 0 Å². The molecule has 0 aliphatic heterocycles. The van der Waals surface area contributed by atoms with Gasteiger partial charge in [-0.3, -0.25) is 9.59 Å². The average Bonchev–Trinajstić information content (AvgIpc) is 3.39. The first-order valence-electron chi connectivity index (χ1n) is 9.28. The third-order valence-corrected chi connectivity index (χ3v) is 6.29. The van der Waals surface area contributed by atoms with Crippen LogP contribution in [0.3, 0.4) is 0 Å². The molecule has 0 saturated carbocycles. The lowest BCUT2D eigenvalue weighted by molar-refractivity contribution is -0.118. The van der Waals surface area contributed by atoms with Crippen LogP contribution in [0.2, 0.25) is 0 Å². The molecule has 0 unspecified atom stereocenters. The summed E-state index contributed by atoms with van der Waals surface area (Å²) in [6, 6.07) is 16.5. The van der Waals surface area contributed by atoms with Crippen molar-refractivity contribution >= 4 is 50.8 Å². The second-order valence-electron chi connectivity index (χ2n) is 6.51. The minimum atomic E-state index is -0.213. The number of hydrogen-bond donors (Lipinski definition) is 2. The summed E-state index contributed by atoms with van der Waals surface area (Å²) in [5.41, 5.74) is 2.17. The summed E-state index contributed by atoms with van der Waals surface area (Å²) in [5.74, 6) is 0.561. The van der Waals surface area contributed by atoms with Crippen LogP contribution >= 0.6 is 23.1 Å². The van der Waals surface area contributed by atoms with Gasteiger partial charge in [-0.15, -0.1) is 23.1 Å². The van der Waals surface area contributed by atoms with Gasteiger partial charge in [0.25, 0.3) is 5.91 Å². The third kappa shape index (κ3) is 4.90. The van der Waals surface area contributed by atoms with Crippen molar-refractivity contribution < 1.29 is 14.0 Å². The number of hydrogen-bond acceptors (Lipinski definition) is 6. The Morgan fingerprint density at radius 3 is 2.83 bits per heavy atom. The number of rotatable bonds is 7. The third-order valence-electron chi connectivity index (χ3n) is 4.28. The standard InChI is InChI=1S/C22H19N3O3S2/c1-14-24-18-9-8-15(11-20(18)30-14)25-22(27)17-6-2-3-7-19(17)29-13-21(26)23-12-16-5-4-10-28-16/h2-11H,12-13H2,1H3,(H,23,26)(H,25,27). The largest absolute Gasteiger partial charge is 0.467 e. The maximum atomic E-state index is 12.9. The Bertz CT molecular complexity index is 1190. The molecule has 2 heterocycles. The van der Waals surface area contributed by atoms with Crippen molar-refractivity contribution in [3.05, 3.63) is 77.2 Å². The highest BCUT2D eigenvalue weighted by Gasteiger charge is 2.14. The first-order valence-corrected chi connectivity index (χ1v) is 11.1. The molecule has 0 spiro atoms. The Kier molecular flexibility index (Phi) is 6.15. The topological polar surface area (TPSA) is 84.2 Å². The van der Waals surface area contributed by atoms with E-state index in [1.807, 2.05) is 43.3 Å². The monoisotopic (exact) mass is 437 g/mol. The fraction of sp³-hybridized carbons (Fsp3) is 0.136. The van der Waals surface area contributed by atoms with Crippen LogP contribution in [0, 0.1) is 6.92 Å². The lowest BCUT2D eigenvalue weighted by Crippen LogP contribution is -2.24. The summed E-state index contributed by atoms with van der Waals surface area (Å²) in [6.07, 6.45) is 1.57. The molecule has 8 heteroatoms. The van der Waals surface area contributed by atoms with Gasteiger partial charge in [-0.2, -0.15) is 0 Å². The van der Waals surface area contributed by atoms with Crippen molar-refractivity contribution in [1.82, 2.24) is 10.3 Å². The van der Waals surface area contributed by atoms with E-state index in [0.29, 0.717) is 23.6 Å². The van der Waals surface area contributed by atoms with E-state index < -0.39 is 0 Å². The van der Waals surface area contributed by atoms with Gasteiger partial charge < -0.3 is 15.1 Å². The Hall–Kier alpha value is -3.10. The molecule has 4 rings (SSSR count). The Balaban J connectivity index is 1.40. The highest BCUT2D eigenvalue weighted by Crippen LogP contribution is 2.27. The molecule has 4 aromatic rings. The number of aromatic nitrogens is 1. The normalized spacial score (nSPS) is 10.8. The lowest BCUT2D eigenvalue weighted by atomic mass is 10.2. The summed E-state index contributed by atoms with van der Waals surface area (Å²) >= 11 is 2.92. The molecule has 0 saturated heterocycles. The molecule has 152 valence electrons. The number of amides is 2. The molecule has 2 aromatic heterocycles. The molecule has 30 heavy (non-hydrogen) atoms. The number of aryl methyl sites for hydroxylation is 1. The number of benzene rings is 2. The van der Waals surface area contributed by atoms with Crippen molar-refractivity contribution in [2.45, 2.75) is 18.4 Å². The molecule has 0 fully saturated rings. The van der Waals surface area contributed by atoms with Crippen LogP contribution in [0.5, 0.6) is 0 Å². The molecule has 0 aliphatic carbocycles. The number of nitrogens with zero attached hydrogens (tertiary/aromatic N) is 1. The van der Waals surface area contributed by atoms with Crippen LogP contribution in [0.1, 0.15) is 21.1 Å². The van der Waals surface area contributed by atoms with Crippen LogP contribution in [-0.2, 0) is 11.3 Å². The second-order valence-corrected chi connectivity index (χ2v) is 8.76. The molecular weight excluding hydrogens is 418 g/mol. The van der Waals surface area contributed by atoms with E-state index in [0.717, 1.165) is 20.1 Å². The van der Waals surface area contributed by atoms with Gasteiger partial charge in [0.1, 0.15) is 5.76 Å². The van der Waals surface area contributed by atoms with Gasteiger partial charge in [0, 0.05) is 10.6 Å². The molecule has 2 amide bonds. The molecule has 0 aliphatic rings. The van der Waals surface area contributed by atoms with Gasteiger partial charge in [-0.25, -0.2) is 4.98 Å². The summed E-state index contributed by atoms with van der Waals surface area (Å²) in [4.78, 5) is 30.2. The van der Waals surface area contributed by atoms with E-state index in [2.05, 4.69) is 15.6 Å². The number of furan rings is 1. The Labute approximate surface area is 181 Å². The molecule has 6 nitrogen and oxygen atoms in total. The van der Waals surface area contributed by atoms with Crippen LogP contribution in [0.25, 0.3) is 10.2 Å². The Morgan fingerprint density at radius 2 is 2.00 bits per heavy atom. The SMILES string of the molecule is Cc1nc2ccc(NC(=O)c3ccccc3SCC(=O)NCc3ccco3)cc2s1. The van der Waals surface area contributed by atoms with Gasteiger partial charge in [0.05, 0.1) is 39.3 Å². The van der Waals surface area contributed by atoms with E-state index >= 15 is 0 Å². The van der Waals surface area contributed by atoms with Crippen molar-refractivity contribution in [2.24, 2.45) is 0 Å². The van der Waals surface area contributed by atoms with Gasteiger partial charge in [0.2, 0.25) is 5.91 Å². The summed E-state index contributed by atoms with van der Waals surface area (Å²) in [5, 5.41) is 6.74. The number of nitrogens with one attached hydrogen (secondary N) is 2. The van der Waals surface area contributed by atoms with Crippen LogP contribution in [0.15, 0.2) is 70.2 Å². The zero-order valence-electron chi connectivity index (χ0n) is 16.2. The summed E-state index contributed by atoms with van der Waals surface area (Å²) in [7, 11) is 0. The number of thioether (sulfide) groups is 1.